The van der Waals surface area contributed by atoms with Crippen LogP contribution in [0.3, 0.4) is 0 Å². The Morgan fingerprint density at radius 3 is 2.55 bits per heavy atom. The van der Waals surface area contributed by atoms with Crippen molar-refractivity contribution in [1.29, 1.82) is 0 Å². The summed E-state index contributed by atoms with van der Waals surface area (Å²) < 4.78 is 0. The van der Waals surface area contributed by atoms with Crippen molar-refractivity contribution in [3.05, 3.63) is 32.8 Å². The zero-order chi connectivity index (χ0) is 15.3. The molecule has 0 aromatic heterocycles. The molecule has 1 aromatic rings. The molecule has 7 nitrogen and oxygen atoms in total. The summed E-state index contributed by atoms with van der Waals surface area (Å²) in [6.45, 7) is 2.40. The number of nitro groups is 1. The number of rotatable bonds is 7. The van der Waals surface area contributed by atoms with Gasteiger partial charge in [0, 0.05) is 25.2 Å². The Morgan fingerprint density at radius 1 is 1.45 bits per heavy atom. The fourth-order valence-electron chi connectivity index (χ4n) is 1.90. The van der Waals surface area contributed by atoms with Gasteiger partial charge in [-0.1, -0.05) is 18.5 Å². The minimum Gasteiger partial charge on any atom is -0.478 e. The number of hydrogen-bond donors (Lipinski definition) is 2. The van der Waals surface area contributed by atoms with Gasteiger partial charge in [0.25, 0.3) is 5.69 Å². The highest BCUT2D eigenvalue weighted by Gasteiger charge is 2.23. The Kier molecular flexibility index (Phi) is 5.72. The first kappa shape index (κ1) is 16.2. The normalized spacial score (nSPS) is 10.3. The van der Waals surface area contributed by atoms with Crippen molar-refractivity contribution in [2.45, 2.75) is 13.3 Å². The van der Waals surface area contributed by atoms with Crippen LogP contribution in [0.4, 0.5) is 11.4 Å². The Bertz CT molecular complexity index is 515. The molecule has 1 aromatic carbocycles. The molecule has 0 saturated heterocycles. The number of non-ortho nitro benzene ring substituents is 1. The third-order valence-corrected chi connectivity index (χ3v) is 2.96. The predicted octanol–water partition coefficient (Wildman–Crippen LogP) is 2.16. The van der Waals surface area contributed by atoms with Gasteiger partial charge >= 0.3 is 5.97 Å². The smallest absolute Gasteiger partial charge is 0.338 e. The lowest BCUT2D eigenvalue weighted by atomic mass is 10.1. The Morgan fingerprint density at radius 2 is 2.10 bits per heavy atom. The number of aliphatic hydroxyl groups is 1. The molecule has 0 unspecified atom stereocenters. The number of hydrogen-bond acceptors (Lipinski definition) is 5. The summed E-state index contributed by atoms with van der Waals surface area (Å²) in [6, 6.07) is 2.09. The molecule has 0 aliphatic rings. The Labute approximate surface area is 120 Å². The molecule has 110 valence electrons. The molecular formula is C12H15ClN2O5. The zero-order valence-electron chi connectivity index (χ0n) is 10.9. The van der Waals surface area contributed by atoms with Gasteiger partial charge in [-0.2, -0.15) is 0 Å². The van der Waals surface area contributed by atoms with E-state index in [1.54, 1.807) is 4.90 Å². The highest BCUT2D eigenvalue weighted by molar-refractivity contribution is 6.34. The number of benzene rings is 1. The second kappa shape index (κ2) is 7.06. The lowest BCUT2D eigenvalue weighted by Crippen LogP contribution is -2.29. The lowest BCUT2D eigenvalue weighted by molar-refractivity contribution is -0.384. The second-order valence-corrected chi connectivity index (χ2v) is 4.50. The van der Waals surface area contributed by atoms with Gasteiger partial charge in [0.05, 0.1) is 27.8 Å². The van der Waals surface area contributed by atoms with Crippen LogP contribution in [-0.4, -0.2) is 40.8 Å². The molecule has 0 saturated carbocycles. The summed E-state index contributed by atoms with van der Waals surface area (Å²) >= 11 is 6.00. The van der Waals surface area contributed by atoms with Crippen LogP contribution in [-0.2, 0) is 0 Å². The second-order valence-electron chi connectivity index (χ2n) is 4.10. The van der Waals surface area contributed by atoms with E-state index in [1.165, 1.54) is 0 Å². The summed E-state index contributed by atoms with van der Waals surface area (Å²) in [6.07, 6.45) is 0.715. The van der Waals surface area contributed by atoms with Gasteiger partial charge < -0.3 is 15.1 Å². The van der Waals surface area contributed by atoms with Crippen LogP contribution in [0.5, 0.6) is 0 Å². The first-order valence-corrected chi connectivity index (χ1v) is 6.37. The van der Waals surface area contributed by atoms with Crippen LogP contribution in [0, 0.1) is 10.1 Å². The summed E-state index contributed by atoms with van der Waals surface area (Å²) in [4.78, 5) is 23.0. The van der Waals surface area contributed by atoms with E-state index in [0.29, 0.717) is 13.0 Å². The number of carbonyl (C=O) groups is 1. The van der Waals surface area contributed by atoms with Gasteiger partial charge in [-0.05, 0) is 6.42 Å². The number of nitrogens with zero attached hydrogens (tertiary/aromatic N) is 2. The number of aromatic carboxylic acids is 1. The van der Waals surface area contributed by atoms with Crippen LogP contribution in [0.15, 0.2) is 12.1 Å². The van der Waals surface area contributed by atoms with Crippen molar-refractivity contribution < 1.29 is 19.9 Å². The molecule has 0 atom stereocenters. The number of aliphatic hydroxyl groups excluding tert-OH is 1. The van der Waals surface area contributed by atoms with Crippen molar-refractivity contribution in [2.24, 2.45) is 0 Å². The molecular weight excluding hydrogens is 288 g/mol. The molecule has 0 heterocycles. The maximum absolute atomic E-state index is 11.3. The molecule has 8 heteroatoms. The summed E-state index contributed by atoms with van der Waals surface area (Å²) in [5.41, 5.74) is -0.427. The minimum atomic E-state index is -1.30. The van der Waals surface area contributed by atoms with Gasteiger partial charge in [0.1, 0.15) is 0 Å². The fraction of sp³-hybridized carbons (Fsp3) is 0.417. The first-order chi connectivity index (χ1) is 9.42. The number of carboxylic acids is 1. The highest BCUT2D eigenvalue weighted by Crippen LogP contribution is 2.34. The Hall–Kier alpha value is -1.86. The number of carboxylic acid groups (broad SMARTS) is 1. The molecule has 20 heavy (non-hydrogen) atoms. The van der Waals surface area contributed by atoms with E-state index < -0.39 is 10.9 Å². The molecule has 0 aliphatic carbocycles. The Balaban J connectivity index is 3.42. The molecule has 0 bridgehead atoms. The van der Waals surface area contributed by atoms with E-state index in [0.717, 1.165) is 12.1 Å². The predicted molar refractivity (Wildman–Crippen MR) is 74.7 cm³/mol. The third kappa shape index (κ3) is 3.58. The van der Waals surface area contributed by atoms with Gasteiger partial charge in [0.15, 0.2) is 0 Å². The molecule has 1 rings (SSSR count). The highest BCUT2D eigenvalue weighted by atomic mass is 35.5. The fourth-order valence-corrected chi connectivity index (χ4v) is 2.23. The quantitative estimate of drug-likeness (QED) is 0.591. The molecule has 0 spiro atoms. The van der Waals surface area contributed by atoms with Crippen molar-refractivity contribution in [2.75, 3.05) is 24.6 Å². The first-order valence-electron chi connectivity index (χ1n) is 5.99. The number of halogens is 1. The van der Waals surface area contributed by atoms with Crippen LogP contribution in [0.1, 0.15) is 23.7 Å². The van der Waals surface area contributed by atoms with Gasteiger partial charge in [0.2, 0.25) is 0 Å². The van der Waals surface area contributed by atoms with E-state index in [-0.39, 0.29) is 35.1 Å². The van der Waals surface area contributed by atoms with Crippen molar-refractivity contribution in [3.63, 3.8) is 0 Å². The average Bonchev–Trinajstić information content (AvgIpc) is 2.37. The standard InChI is InChI=1S/C12H15ClN2O5/c1-2-3-14(4-5-16)11-9(12(17)18)6-8(15(19)20)7-10(11)13/h6-7,16H,2-5H2,1H3,(H,17,18). The van der Waals surface area contributed by atoms with Crippen molar-refractivity contribution in [1.82, 2.24) is 0 Å². The van der Waals surface area contributed by atoms with Crippen molar-refractivity contribution >= 4 is 28.9 Å². The van der Waals surface area contributed by atoms with Crippen LogP contribution in [0.2, 0.25) is 5.02 Å². The zero-order valence-corrected chi connectivity index (χ0v) is 11.6. The molecule has 2 N–H and O–H groups in total. The molecule has 0 radical (unpaired) electrons. The van der Waals surface area contributed by atoms with Crippen LogP contribution < -0.4 is 4.90 Å². The summed E-state index contributed by atoms with van der Waals surface area (Å²) in [7, 11) is 0. The number of nitro benzene ring substituents is 1. The van der Waals surface area contributed by atoms with Crippen LogP contribution in [0.25, 0.3) is 0 Å². The van der Waals surface area contributed by atoms with Crippen molar-refractivity contribution in [3.8, 4) is 0 Å². The van der Waals surface area contributed by atoms with Gasteiger partial charge in [-0.3, -0.25) is 10.1 Å². The van der Waals surface area contributed by atoms with E-state index in [2.05, 4.69) is 0 Å². The number of anilines is 1. The molecule has 0 amide bonds. The van der Waals surface area contributed by atoms with Gasteiger partial charge in [-0.25, -0.2) is 4.79 Å². The minimum absolute atomic E-state index is 0.0153. The largest absolute Gasteiger partial charge is 0.478 e. The summed E-state index contributed by atoms with van der Waals surface area (Å²) in [5.74, 6) is -1.30. The van der Waals surface area contributed by atoms with E-state index in [9.17, 15) is 20.0 Å². The molecule has 0 fully saturated rings. The monoisotopic (exact) mass is 302 g/mol. The maximum Gasteiger partial charge on any atom is 0.338 e. The average molecular weight is 303 g/mol. The van der Waals surface area contributed by atoms with E-state index in [1.807, 2.05) is 6.92 Å². The van der Waals surface area contributed by atoms with Gasteiger partial charge in [-0.15, -0.1) is 0 Å². The summed E-state index contributed by atoms with van der Waals surface area (Å²) in [5, 5.41) is 29.0. The lowest BCUT2D eigenvalue weighted by Gasteiger charge is -2.25. The van der Waals surface area contributed by atoms with E-state index >= 15 is 0 Å². The van der Waals surface area contributed by atoms with E-state index in [4.69, 9.17) is 16.7 Å². The molecule has 0 aliphatic heterocycles. The maximum atomic E-state index is 11.3. The SMILES string of the molecule is CCCN(CCO)c1c(Cl)cc([N+](=O)[O-])cc1C(=O)O. The third-order valence-electron chi connectivity index (χ3n) is 2.67. The van der Waals surface area contributed by atoms with Crippen LogP contribution >= 0.6 is 11.6 Å². The topological polar surface area (TPSA) is 104 Å².